The van der Waals surface area contributed by atoms with Crippen LogP contribution in [0.1, 0.15) is 20.8 Å². The summed E-state index contributed by atoms with van der Waals surface area (Å²) in [4.78, 5) is 8.16. The second-order valence-corrected chi connectivity index (χ2v) is 3.21. The summed E-state index contributed by atoms with van der Waals surface area (Å²) in [7, 11) is 0. The van der Waals surface area contributed by atoms with E-state index in [4.69, 9.17) is 0 Å². The van der Waals surface area contributed by atoms with Crippen LogP contribution in [0.2, 0.25) is 0 Å². The molecule has 0 aliphatic heterocycles. The number of hydrogen-bond acceptors (Lipinski definition) is 2. The topological polar surface area (TPSA) is 24.7 Å². The Hall–Kier alpha value is -0.310. The molecule has 0 aliphatic rings. The third-order valence-electron chi connectivity index (χ3n) is 0.900. The zero-order valence-electron chi connectivity index (χ0n) is 6.96. The molecular formula is C7H14N2S. The molecule has 0 heterocycles. The normalized spacial score (nSPS) is 13.5. The molecule has 0 saturated heterocycles. The smallest absolute Gasteiger partial charge is 0.111 e. The van der Waals surface area contributed by atoms with E-state index in [9.17, 15) is 0 Å². The molecule has 0 unspecified atom stereocenters. The van der Waals surface area contributed by atoms with Crippen LogP contribution in [0, 0.1) is 0 Å². The van der Waals surface area contributed by atoms with Crippen LogP contribution in [0.5, 0.6) is 0 Å². The highest BCUT2D eigenvalue weighted by atomic mass is 32.2. The summed E-state index contributed by atoms with van der Waals surface area (Å²) in [6, 6.07) is 0.346. The highest BCUT2D eigenvalue weighted by Crippen LogP contribution is 1.94. The first kappa shape index (κ1) is 9.69. The standard InChI is InChI=1S/C7H14N2S/c1-6(2)8-5-9-7(3)10-4/h5-6H,1-4H3/b8-5-,9-7+. The summed E-state index contributed by atoms with van der Waals surface area (Å²) in [5, 5.41) is 1.05. The molecule has 0 radical (unpaired) electrons. The summed E-state index contributed by atoms with van der Waals surface area (Å²) >= 11 is 1.64. The number of hydrogen-bond donors (Lipinski definition) is 0. The molecule has 0 saturated carbocycles. The first-order valence-electron chi connectivity index (χ1n) is 3.27. The molecule has 10 heavy (non-hydrogen) atoms. The summed E-state index contributed by atoms with van der Waals surface area (Å²) in [5.41, 5.74) is 0. The van der Waals surface area contributed by atoms with Crippen LogP contribution in [0.25, 0.3) is 0 Å². The molecule has 2 nitrogen and oxygen atoms in total. The van der Waals surface area contributed by atoms with Gasteiger partial charge in [-0.2, -0.15) is 0 Å². The van der Waals surface area contributed by atoms with Crippen molar-refractivity contribution in [3.63, 3.8) is 0 Å². The summed E-state index contributed by atoms with van der Waals surface area (Å²) in [6.07, 6.45) is 3.62. The van der Waals surface area contributed by atoms with Crippen molar-refractivity contribution in [2.24, 2.45) is 9.98 Å². The quantitative estimate of drug-likeness (QED) is 0.446. The first-order chi connectivity index (χ1) is 4.66. The van der Waals surface area contributed by atoms with Gasteiger partial charge in [0, 0.05) is 6.04 Å². The van der Waals surface area contributed by atoms with Crippen LogP contribution in [0.15, 0.2) is 9.98 Å². The lowest BCUT2D eigenvalue weighted by atomic mass is 10.4. The zero-order valence-corrected chi connectivity index (χ0v) is 7.77. The van der Waals surface area contributed by atoms with Gasteiger partial charge in [-0.3, -0.25) is 4.99 Å². The van der Waals surface area contributed by atoms with E-state index < -0.39 is 0 Å². The molecule has 0 fully saturated rings. The molecule has 0 aromatic rings. The fraction of sp³-hybridized carbons (Fsp3) is 0.714. The van der Waals surface area contributed by atoms with E-state index in [2.05, 4.69) is 9.98 Å². The van der Waals surface area contributed by atoms with Crippen LogP contribution in [0.4, 0.5) is 0 Å². The van der Waals surface area contributed by atoms with Gasteiger partial charge in [-0.25, -0.2) is 4.99 Å². The predicted molar refractivity (Wildman–Crippen MR) is 50.3 cm³/mol. The summed E-state index contributed by atoms with van der Waals surface area (Å²) < 4.78 is 0. The minimum absolute atomic E-state index is 0.346. The van der Waals surface area contributed by atoms with E-state index in [1.807, 2.05) is 27.0 Å². The Morgan fingerprint density at radius 1 is 1.50 bits per heavy atom. The van der Waals surface area contributed by atoms with Crippen molar-refractivity contribution in [2.45, 2.75) is 26.8 Å². The molecule has 58 valence electrons. The lowest BCUT2D eigenvalue weighted by Gasteiger charge is -1.91. The maximum absolute atomic E-state index is 4.09. The van der Waals surface area contributed by atoms with Crippen LogP contribution in [-0.2, 0) is 0 Å². The molecule has 0 N–H and O–H groups in total. The van der Waals surface area contributed by atoms with Crippen molar-refractivity contribution in [3.8, 4) is 0 Å². The maximum atomic E-state index is 4.09. The van der Waals surface area contributed by atoms with Crippen molar-refractivity contribution >= 4 is 23.1 Å². The molecule has 0 rings (SSSR count). The van der Waals surface area contributed by atoms with Crippen LogP contribution >= 0.6 is 11.8 Å². The number of nitrogens with zero attached hydrogens (tertiary/aromatic N) is 2. The third-order valence-corrected chi connectivity index (χ3v) is 1.60. The van der Waals surface area contributed by atoms with E-state index in [0.717, 1.165) is 5.04 Å². The average molecular weight is 158 g/mol. The zero-order chi connectivity index (χ0) is 7.98. The minimum atomic E-state index is 0.346. The van der Waals surface area contributed by atoms with Gasteiger partial charge in [-0.15, -0.1) is 11.8 Å². The average Bonchev–Trinajstić information content (AvgIpc) is 1.87. The van der Waals surface area contributed by atoms with Crippen molar-refractivity contribution < 1.29 is 0 Å². The lowest BCUT2D eigenvalue weighted by molar-refractivity contribution is 0.839. The van der Waals surface area contributed by atoms with Crippen molar-refractivity contribution in [3.05, 3.63) is 0 Å². The van der Waals surface area contributed by atoms with Gasteiger partial charge in [0.05, 0.1) is 5.04 Å². The van der Waals surface area contributed by atoms with Gasteiger partial charge in [0.25, 0.3) is 0 Å². The fourth-order valence-electron chi connectivity index (χ4n) is 0.301. The first-order valence-corrected chi connectivity index (χ1v) is 4.49. The van der Waals surface area contributed by atoms with Gasteiger partial charge < -0.3 is 0 Å². The van der Waals surface area contributed by atoms with E-state index in [1.54, 1.807) is 18.1 Å². The maximum Gasteiger partial charge on any atom is 0.111 e. The molecule has 0 atom stereocenters. The molecule has 0 spiro atoms. The highest BCUT2D eigenvalue weighted by Gasteiger charge is 1.83. The minimum Gasteiger partial charge on any atom is -0.271 e. The van der Waals surface area contributed by atoms with E-state index >= 15 is 0 Å². The van der Waals surface area contributed by atoms with Gasteiger partial charge in [-0.1, -0.05) is 0 Å². The molecule has 0 amide bonds. The Bertz CT molecular complexity index is 139. The lowest BCUT2D eigenvalue weighted by Crippen LogP contribution is -1.88. The van der Waals surface area contributed by atoms with Gasteiger partial charge in [0.2, 0.25) is 0 Å². The van der Waals surface area contributed by atoms with Gasteiger partial charge in [0.15, 0.2) is 0 Å². The number of thioether (sulfide) groups is 1. The molecule has 0 aliphatic carbocycles. The Balaban J connectivity index is 3.70. The highest BCUT2D eigenvalue weighted by molar-refractivity contribution is 8.13. The molecule has 0 aromatic heterocycles. The van der Waals surface area contributed by atoms with Crippen LogP contribution in [-0.4, -0.2) is 23.7 Å². The van der Waals surface area contributed by atoms with Crippen LogP contribution < -0.4 is 0 Å². The molecule has 0 bridgehead atoms. The van der Waals surface area contributed by atoms with Crippen molar-refractivity contribution in [1.29, 1.82) is 0 Å². The second-order valence-electron chi connectivity index (χ2n) is 2.21. The summed E-state index contributed by atoms with van der Waals surface area (Å²) in [5.74, 6) is 0. The van der Waals surface area contributed by atoms with Crippen molar-refractivity contribution in [2.75, 3.05) is 6.26 Å². The predicted octanol–water partition coefficient (Wildman–Crippen LogP) is 2.20. The number of aliphatic imine (C=N–C) groups is 2. The molecular weight excluding hydrogens is 144 g/mol. The molecule has 3 heteroatoms. The van der Waals surface area contributed by atoms with Gasteiger partial charge >= 0.3 is 0 Å². The van der Waals surface area contributed by atoms with Crippen molar-refractivity contribution in [1.82, 2.24) is 0 Å². The van der Waals surface area contributed by atoms with Crippen LogP contribution in [0.3, 0.4) is 0 Å². The number of rotatable bonds is 2. The second kappa shape index (κ2) is 5.47. The summed E-state index contributed by atoms with van der Waals surface area (Å²) in [6.45, 7) is 6.03. The monoisotopic (exact) mass is 158 g/mol. The Kier molecular flexibility index (Phi) is 5.30. The Morgan fingerprint density at radius 2 is 2.10 bits per heavy atom. The van der Waals surface area contributed by atoms with Gasteiger partial charge in [-0.05, 0) is 27.0 Å². The SMILES string of the molecule is CS/C(C)=N/C=N\C(C)C. The van der Waals surface area contributed by atoms with E-state index in [-0.39, 0.29) is 0 Å². The Morgan fingerprint density at radius 3 is 2.50 bits per heavy atom. The molecule has 0 aromatic carbocycles. The fourth-order valence-corrected chi connectivity index (χ4v) is 0.453. The van der Waals surface area contributed by atoms with Gasteiger partial charge in [0.1, 0.15) is 6.34 Å². The largest absolute Gasteiger partial charge is 0.271 e. The van der Waals surface area contributed by atoms with E-state index in [0.29, 0.717) is 6.04 Å². The third kappa shape index (κ3) is 5.82. The Labute approximate surface area is 66.8 Å². The van der Waals surface area contributed by atoms with E-state index in [1.165, 1.54) is 0 Å².